The Morgan fingerprint density at radius 3 is 2.32 bits per heavy atom. The maximum atomic E-state index is 14.7. The second kappa shape index (κ2) is 9.47. The van der Waals surface area contributed by atoms with Gasteiger partial charge in [0.2, 0.25) is 0 Å². The molecule has 1 aliphatic heterocycles. The predicted molar refractivity (Wildman–Crippen MR) is 127 cm³/mol. The second-order valence-electron chi connectivity index (χ2n) is 8.89. The number of Topliss-reactive ketones (excluding diaryl/α,β-unsaturated/α-hetero) is 1. The van der Waals surface area contributed by atoms with Crippen molar-refractivity contribution in [1.29, 1.82) is 0 Å². The minimum Gasteiger partial charge on any atom is -0.356 e. The summed E-state index contributed by atoms with van der Waals surface area (Å²) in [6.07, 6.45) is 3.73. The van der Waals surface area contributed by atoms with Crippen LogP contribution in [0.1, 0.15) is 47.3 Å². The van der Waals surface area contributed by atoms with Crippen molar-refractivity contribution in [1.82, 2.24) is 10.3 Å². The monoisotopic (exact) mass is 462 g/mol. The van der Waals surface area contributed by atoms with Gasteiger partial charge in [-0.25, -0.2) is 13.2 Å². The third-order valence-corrected chi connectivity index (χ3v) is 6.64. The van der Waals surface area contributed by atoms with Gasteiger partial charge in [0.1, 0.15) is 17.5 Å². The first kappa shape index (κ1) is 22.4. The van der Waals surface area contributed by atoms with Crippen molar-refractivity contribution in [3.63, 3.8) is 0 Å². The van der Waals surface area contributed by atoms with Gasteiger partial charge >= 0.3 is 0 Å². The Hall–Kier alpha value is -3.38. The largest absolute Gasteiger partial charge is 0.356 e. The first-order valence-corrected chi connectivity index (χ1v) is 11.6. The van der Waals surface area contributed by atoms with Crippen molar-refractivity contribution in [2.75, 3.05) is 0 Å². The van der Waals surface area contributed by atoms with Crippen LogP contribution >= 0.6 is 0 Å². The van der Waals surface area contributed by atoms with Crippen molar-refractivity contribution in [3.05, 3.63) is 94.9 Å². The molecule has 0 fully saturated rings. The van der Waals surface area contributed by atoms with Crippen LogP contribution in [0.4, 0.5) is 13.2 Å². The SMILES string of the molecule is O=C(CCCCC1Cc2[nH]c3c(F)ccc(-c4ccc(F)cc4)c3c2CN1)c1ccc(F)cc1. The highest BCUT2D eigenvalue weighted by Gasteiger charge is 2.25. The summed E-state index contributed by atoms with van der Waals surface area (Å²) in [5.74, 6) is -0.924. The zero-order chi connectivity index (χ0) is 23.7. The van der Waals surface area contributed by atoms with Gasteiger partial charge in [-0.2, -0.15) is 0 Å². The van der Waals surface area contributed by atoms with Gasteiger partial charge in [-0.3, -0.25) is 4.79 Å². The first-order valence-electron chi connectivity index (χ1n) is 11.6. The van der Waals surface area contributed by atoms with E-state index in [0.29, 0.717) is 24.0 Å². The molecule has 1 aliphatic rings. The molecule has 1 atom stereocenters. The van der Waals surface area contributed by atoms with E-state index in [1.54, 1.807) is 18.2 Å². The fraction of sp³-hybridized carbons (Fsp3) is 0.250. The number of hydrogen-bond acceptors (Lipinski definition) is 2. The molecule has 1 aromatic heterocycles. The van der Waals surface area contributed by atoms with Gasteiger partial charge in [0.15, 0.2) is 5.78 Å². The van der Waals surface area contributed by atoms with Gasteiger partial charge in [0.05, 0.1) is 5.52 Å². The molecule has 34 heavy (non-hydrogen) atoms. The highest BCUT2D eigenvalue weighted by molar-refractivity contribution is 5.99. The quantitative estimate of drug-likeness (QED) is 0.237. The number of H-pyrrole nitrogens is 1. The molecule has 0 spiro atoms. The summed E-state index contributed by atoms with van der Waals surface area (Å²) in [6, 6.07) is 15.4. The first-order chi connectivity index (χ1) is 16.5. The summed E-state index contributed by atoms with van der Waals surface area (Å²) in [5.41, 5.74) is 4.83. The number of benzene rings is 3. The third-order valence-electron chi connectivity index (χ3n) is 6.64. The smallest absolute Gasteiger partial charge is 0.162 e. The van der Waals surface area contributed by atoms with E-state index in [9.17, 15) is 18.0 Å². The lowest BCUT2D eigenvalue weighted by Crippen LogP contribution is -2.35. The van der Waals surface area contributed by atoms with Crippen LogP contribution in [-0.2, 0) is 13.0 Å². The molecule has 1 unspecified atom stereocenters. The van der Waals surface area contributed by atoms with E-state index in [2.05, 4.69) is 10.3 Å². The molecule has 3 aromatic carbocycles. The highest BCUT2D eigenvalue weighted by Crippen LogP contribution is 2.36. The Morgan fingerprint density at radius 1 is 0.882 bits per heavy atom. The number of unbranched alkanes of at least 4 members (excludes halogenated alkanes) is 1. The van der Waals surface area contributed by atoms with E-state index < -0.39 is 0 Å². The number of aromatic nitrogens is 1. The Morgan fingerprint density at radius 2 is 1.59 bits per heavy atom. The van der Waals surface area contributed by atoms with Crippen LogP contribution in [0.3, 0.4) is 0 Å². The average Bonchev–Trinajstić information content (AvgIpc) is 3.23. The second-order valence-corrected chi connectivity index (χ2v) is 8.89. The molecular formula is C28H25F3N2O. The number of carbonyl (C=O) groups is 1. The fourth-order valence-electron chi connectivity index (χ4n) is 4.85. The number of rotatable bonds is 7. The van der Waals surface area contributed by atoms with Gasteiger partial charge in [-0.15, -0.1) is 0 Å². The van der Waals surface area contributed by atoms with Crippen molar-refractivity contribution < 1.29 is 18.0 Å². The molecule has 174 valence electrons. The zero-order valence-electron chi connectivity index (χ0n) is 18.6. The van der Waals surface area contributed by atoms with Crippen molar-refractivity contribution >= 4 is 16.7 Å². The van der Waals surface area contributed by atoms with Crippen LogP contribution in [0.25, 0.3) is 22.0 Å². The molecular weight excluding hydrogens is 437 g/mol. The van der Waals surface area contributed by atoms with Gasteiger partial charge in [-0.05, 0) is 72.0 Å². The van der Waals surface area contributed by atoms with E-state index in [4.69, 9.17) is 0 Å². The summed E-state index contributed by atoms with van der Waals surface area (Å²) < 4.78 is 41.1. The van der Waals surface area contributed by atoms with Gasteiger partial charge in [0, 0.05) is 42.1 Å². The topological polar surface area (TPSA) is 44.9 Å². The molecule has 0 aliphatic carbocycles. The van der Waals surface area contributed by atoms with E-state index in [-0.39, 0.29) is 29.3 Å². The summed E-state index contributed by atoms with van der Waals surface area (Å²) in [6.45, 7) is 0.617. The van der Waals surface area contributed by atoms with Crippen molar-refractivity contribution in [2.24, 2.45) is 0 Å². The molecule has 5 rings (SSSR count). The standard InChI is InChI=1S/C28H25F3N2O/c29-19-9-5-17(6-10-19)22-13-14-24(31)28-27(22)23-16-32-21(15-25(23)33-28)3-1-2-4-26(34)18-7-11-20(30)12-8-18/h5-14,21,32-33H,1-4,15-16H2. The lowest BCUT2D eigenvalue weighted by Gasteiger charge is -2.24. The van der Waals surface area contributed by atoms with E-state index in [1.165, 1.54) is 42.5 Å². The van der Waals surface area contributed by atoms with E-state index in [0.717, 1.165) is 53.5 Å². The van der Waals surface area contributed by atoms with Crippen molar-refractivity contribution in [3.8, 4) is 11.1 Å². The molecule has 3 nitrogen and oxygen atoms in total. The van der Waals surface area contributed by atoms with E-state index >= 15 is 0 Å². The number of fused-ring (bicyclic) bond motifs is 3. The molecule has 6 heteroatoms. The predicted octanol–water partition coefficient (Wildman–Crippen LogP) is 6.71. The molecule has 4 aromatic rings. The molecule has 0 bridgehead atoms. The molecule has 0 saturated carbocycles. The molecule has 0 radical (unpaired) electrons. The van der Waals surface area contributed by atoms with Gasteiger partial charge in [0.25, 0.3) is 0 Å². The van der Waals surface area contributed by atoms with E-state index in [1.807, 2.05) is 0 Å². The maximum absolute atomic E-state index is 14.7. The lowest BCUT2D eigenvalue weighted by molar-refractivity contribution is 0.0978. The number of halogens is 3. The van der Waals surface area contributed by atoms with Crippen molar-refractivity contribution in [2.45, 2.75) is 44.7 Å². The van der Waals surface area contributed by atoms with Crippen LogP contribution in [0.5, 0.6) is 0 Å². The summed E-state index contributed by atoms with van der Waals surface area (Å²) in [5, 5.41) is 4.40. The zero-order valence-corrected chi connectivity index (χ0v) is 18.6. The van der Waals surface area contributed by atoms with Crippen LogP contribution in [0, 0.1) is 17.5 Å². The van der Waals surface area contributed by atoms with Crippen LogP contribution in [-0.4, -0.2) is 16.8 Å². The maximum Gasteiger partial charge on any atom is 0.162 e. The Bertz CT molecular complexity index is 1330. The summed E-state index contributed by atoms with van der Waals surface area (Å²) in [4.78, 5) is 15.6. The number of hydrogen-bond donors (Lipinski definition) is 2. The van der Waals surface area contributed by atoms with Crippen LogP contribution < -0.4 is 5.32 Å². The average molecular weight is 463 g/mol. The number of nitrogens with one attached hydrogen (secondary N) is 2. The molecule has 2 heterocycles. The number of carbonyl (C=O) groups excluding carboxylic acids is 1. The molecule has 2 N–H and O–H groups in total. The third kappa shape index (κ3) is 4.50. The minimum atomic E-state index is -0.346. The number of ketones is 1. The normalized spacial score (nSPS) is 15.4. The Balaban J connectivity index is 1.26. The summed E-state index contributed by atoms with van der Waals surface area (Å²) >= 11 is 0. The van der Waals surface area contributed by atoms with Gasteiger partial charge in [-0.1, -0.05) is 24.6 Å². The Kier molecular flexibility index (Phi) is 6.24. The molecule has 0 saturated heterocycles. The van der Waals surface area contributed by atoms with Crippen LogP contribution in [0.15, 0.2) is 60.7 Å². The minimum absolute atomic E-state index is 0.0262. The fourth-order valence-corrected chi connectivity index (χ4v) is 4.85. The number of aromatic amines is 1. The Labute approximate surface area is 196 Å². The van der Waals surface area contributed by atoms with Crippen LogP contribution in [0.2, 0.25) is 0 Å². The highest BCUT2D eigenvalue weighted by atomic mass is 19.1. The lowest BCUT2D eigenvalue weighted by atomic mass is 9.93. The van der Waals surface area contributed by atoms with Gasteiger partial charge < -0.3 is 10.3 Å². The summed E-state index contributed by atoms with van der Waals surface area (Å²) in [7, 11) is 0. The molecule has 0 amide bonds.